The Morgan fingerprint density at radius 1 is 1.19 bits per heavy atom. The molecular formula is C21H24ClFN6O2. The SMILES string of the molecule is Cl.N[C@@H](COc1ccc(C(=O)N2CC[C@@H](c3ccc(F)cc3)C2)cc1)Cn1ncnn1. The third-order valence-corrected chi connectivity index (χ3v) is 5.17. The van der Waals surface area contributed by atoms with Crippen LogP contribution in [0.25, 0.3) is 0 Å². The quantitative estimate of drug-likeness (QED) is 0.597. The fourth-order valence-electron chi connectivity index (χ4n) is 3.57. The lowest BCUT2D eigenvalue weighted by atomic mass is 9.99. The lowest BCUT2D eigenvalue weighted by molar-refractivity contribution is 0.0790. The van der Waals surface area contributed by atoms with Crippen molar-refractivity contribution in [1.29, 1.82) is 0 Å². The molecule has 8 nitrogen and oxygen atoms in total. The Hall–Kier alpha value is -3.04. The van der Waals surface area contributed by atoms with E-state index in [2.05, 4.69) is 15.4 Å². The Kier molecular flexibility index (Phi) is 7.54. The molecule has 4 rings (SSSR count). The van der Waals surface area contributed by atoms with Gasteiger partial charge < -0.3 is 15.4 Å². The average Bonchev–Trinajstić information content (AvgIpc) is 3.45. The van der Waals surface area contributed by atoms with Gasteiger partial charge in [0.15, 0.2) is 6.33 Å². The Labute approximate surface area is 185 Å². The van der Waals surface area contributed by atoms with Crippen LogP contribution in [0.4, 0.5) is 4.39 Å². The fourth-order valence-corrected chi connectivity index (χ4v) is 3.57. The minimum atomic E-state index is -0.284. The van der Waals surface area contributed by atoms with E-state index in [1.165, 1.54) is 23.3 Å². The summed E-state index contributed by atoms with van der Waals surface area (Å²) in [4.78, 5) is 16.1. The predicted molar refractivity (Wildman–Crippen MR) is 115 cm³/mol. The lowest BCUT2D eigenvalue weighted by Crippen LogP contribution is -2.33. The first-order chi connectivity index (χ1) is 14.6. The summed E-state index contributed by atoms with van der Waals surface area (Å²) in [6.45, 7) is 2.01. The zero-order valence-corrected chi connectivity index (χ0v) is 17.6. The van der Waals surface area contributed by atoms with E-state index >= 15 is 0 Å². The highest BCUT2D eigenvalue weighted by Crippen LogP contribution is 2.28. The summed E-state index contributed by atoms with van der Waals surface area (Å²) in [6.07, 6.45) is 2.22. The second-order valence-corrected chi connectivity index (χ2v) is 7.37. The van der Waals surface area contributed by atoms with E-state index in [-0.39, 0.29) is 36.1 Å². The monoisotopic (exact) mass is 446 g/mol. The first kappa shape index (κ1) is 22.6. The normalized spacial score (nSPS) is 16.6. The Morgan fingerprint density at radius 3 is 2.61 bits per heavy atom. The van der Waals surface area contributed by atoms with Gasteiger partial charge in [-0.1, -0.05) is 12.1 Å². The van der Waals surface area contributed by atoms with Crippen molar-refractivity contribution in [3.05, 3.63) is 71.8 Å². The first-order valence-corrected chi connectivity index (χ1v) is 9.82. The van der Waals surface area contributed by atoms with E-state index in [1.807, 2.05) is 4.90 Å². The predicted octanol–water partition coefficient (Wildman–Crippen LogP) is 2.27. The highest BCUT2D eigenvalue weighted by molar-refractivity contribution is 5.94. The molecule has 1 aliphatic heterocycles. The molecule has 2 N–H and O–H groups in total. The van der Waals surface area contributed by atoms with E-state index in [0.29, 0.717) is 37.6 Å². The molecule has 31 heavy (non-hydrogen) atoms. The summed E-state index contributed by atoms with van der Waals surface area (Å²) in [5.41, 5.74) is 7.68. The molecule has 10 heteroatoms. The van der Waals surface area contributed by atoms with E-state index in [4.69, 9.17) is 10.5 Å². The maximum atomic E-state index is 13.1. The van der Waals surface area contributed by atoms with Gasteiger partial charge in [-0.05, 0) is 53.6 Å². The number of halogens is 2. The van der Waals surface area contributed by atoms with Crippen molar-refractivity contribution in [2.45, 2.75) is 24.9 Å². The Bertz CT molecular complexity index is 969. The van der Waals surface area contributed by atoms with Gasteiger partial charge in [0.25, 0.3) is 5.91 Å². The molecule has 1 amide bonds. The van der Waals surface area contributed by atoms with E-state index in [0.717, 1.165) is 12.0 Å². The van der Waals surface area contributed by atoms with Crippen molar-refractivity contribution >= 4 is 18.3 Å². The van der Waals surface area contributed by atoms with Gasteiger partial charge in [-0.3, -0.25) is 4.79 Å². The van der Waals surface area contributed by atoms with Gasteiger partial charge in [-0.25, -0.2) is 4.39 Å². The lowest BCUT2D eigenvalue weighted by Gasteiger charge is -2.17. The number of rotatable bonds is 7. The maximum absolute atomic E-state index is 13.1. The van der Waals surface area contributed by atoms with Gasteiger partial charge in [0.1, 0.15) is 18.2 Å². The molecule has 0 unspecified atom stereocenters. The third-order valence-electron chi connectivity index (χ3n) is 5.17. The molecule has 0 radical (unpaired) electrons. The van der Waals surface area contributed by atoms with Crippen molar-refractivity contribution in [2.24, 2.45) is 5.73 Å². The topological polar surface area (TPSA) is 99.2 Å². The molecule has 2 heterocycles. The van der Waals surface area contributed by atoms with Crippen LogP contribution in [0.5, 0.6) is 5.75 Å². The van der Waals surface area contributed by atoms with Crippen molar-refractivity contribution in [3.63, 3.8) is 0 Å². The number of hydrogen-bond acceptors (Lipinski definition) is 6. The van der Waals surface area contributed by atoms with Crippen LogP contribution in [-0.2, 0) is 6.54 Å². The van der Waals surface area contributed by atoms with Gasteiger partial charge in [-0.2, -0.15) is 4.80 Å². The number of aromatic nitrogens is 4. The molecule has 0 saturated carbocycles. The summed E-state index contributed by atoms with van der Waals surface area (Å²) in [7, 11) is 0. The molecule has 164 valence electrons. The largest absolute Gasteiger partial charge is 0.492 e. The molecule has 0 bridgehead atoms. The number of hydrogen-bond donors (Lipinski definition) is 1. The molecule has 3 aromatic rings. The number of nitrogens with zero attached hydrogens (tertiary/aromatic N) is 5. The van der Waals surface area contributed by atoms with Gasteiger partial charge >= 0.3 is 0 Å². The highest BCUT2D eigenvalue weighted by Gasteiger charge is 2.28. The number of ether oxygens (including phenoxy) is 1. The number of tetrazole rings is 1. The zero-order chi connectivity index (χ0) is 20.9. The number of benzene rings is 2. The first-order valence-electron chi connectivity index (χ1n) is 9.82. The summed E-state index contributed by atoms with van der Waals surface area (Å²) in [6, 6.07) is 13.3. The Morgan fingerprint density at radius 2 is 1.94 bits per heavy atom. The van der Waals surface area contributed by atoms with Crippen LogP contribution in [0.2, 0.25) is 0 Å². The summed E-state index contributed by atoms with van der Waals surface area (Å²) < 4.78 is 18.8. The van der Waals surface area contributed by atoms with E-state index < -0.39 is 0 Å². The molecule has 2 aromatic carbocycles. The molecule has 0 spiro atoms. The molecular weight excluding hydrogens is 423 g/mol. The van der Waals surface area contributed by atoms with Crippen molar-refractivity contribution in [1.82, 2.24) is 25.1 Å². The van der Waals surface area contributed by atoms with Crippen LogP contribution in [0, 0.1) is 5.82 Å². The average molecular weight is 447 g/mol. The number of amides is 1. The van der Waals surface area contributed by atoms with E-state index in [9.17, 15) is 9.18 Å². The van der Waals surface area contributed by atoms with Crippen LogP contribution < -0.4 is 10.5 Å². The standard InChI is InChI=1S/C21H23FN6O2.ClH/c22-18-5-1-15(2-6-18)17-9-10-27(11-17)21(29)16-3-7-20(8-4-16)30-13-19(23)12-28-25-14-24-26-28;/h1-8,14,17,19H,9-13,23H2;1H/t17-,19-;/m1./s1. The molecule has 1 saturated heterocycles. The molecule has 0 aliphatic carbocycles. The van der Waals surface area contributed by atoms with E-state index in [1.54, 1.807) is 36.4 Å². The second-order valence-electron chi connectivity index (χ2n) is 7.37. The van der Waals surface area contributed by atoms with Crippen molar-refractivity contribution < 1.29 is 13.9 Å². The highest BCUT2D eigenvalue weighted by atomic mass is 35.5. The minimum Gasteiger partial charge on any atom is -0.492 e. The minimum absolute atomic E-state index is 0. The third kappa shape index (κ3) is 5.77. The molecule has 1 aliphatic rings. The number of likely N-dealkylation sites (tertiary alicyclic amines) is 1. The van der Waals surface area contributed by atoms with Gasteiger partial charge in [-0.15, -0.1) is 22.6 Å². The molecule has 2 atom stereocenters. The zero-order valence-electron chi connectivity index (χ0n) is 16.8. The fraction of sp³-hybridized carbons (Fsp3) is 0.333. The number of nitrogens with two attached hydrogens (primary N) is 1. The number of carbonyl (C=O) groups excluding carboxylic acids is 1. The summed E-state index contributed by atoms with van der Waals surface area (Å²) in [5.74, 6) is 0.611. The smallest absolute Gasteiger partial charge is 0.253 e. The Balaban J connectivity index is 0.00000272. The van der Waals surface area contributed by atoms with Crippen LogP contribution in [0.3, 0.4) is 0 Å². The van der Waals surface area contributed by atoms with Gasteiger partial charge in [0.05, 0.1) is 12.6 Å². The van der Waals surface area contributed by atoms with Crippen LogP contribution >= 0.6 is 12.4 Å². The van der Waals surface area contributed by atoms with Crippen molar-refractivity contribution in [2.75, 3.05) is 19.7 Å². The van der Waals surface area contributed by atoms with Crippen LogP contribution in [0.15, 0.2) is 54.9 Å². The molecule has 1 aromatic heterocycles. The maximum Gasteiger partial charge on any atom is 0.253 e. The van der Waals surface area contributed by atoms with Crippen LogP contribution in [-0.4, -0.2) is 56.8 Å². The second kappa shape index (κ2) is 10.3. The summed E-state index contributed by atoms with van der Waals surface area (Å²) >= 11 is 0. The number of carbonyl (C=O) groups is 1. The van der Waals surface area contributed by atoms with Gasteiger partial charge in [0, 0.05) is 24.6 Å². The molecule has 1 fully saturated rings. The summed E-state index contributed by atoms with van der Waals surface area (Å²) in [5, 5.41) is 11.3. The van der Waals surface area contributed by atoms with Crippen LogP contribution in [0.1, 0.15) is 28.3 Å². The van der Waals surface area contributed by atoms with Gasteiger partial charge in [0.2, 0.25) is 0 Å². The van der Waals surface area contributed by atoms with Crippen molar-refractivity contribution in [3.8, 4) is 5.75 Å².